The molecule has 2 aliphatic rings. The molecule has 1 aromatic carbocycles. The molecule has 0 saturated carbocycles. The zero-order chi connectivity index (χ0) is 19.4. The quantitative estimate of drug-likeness (QED) is 0.619. The van der Waals surface area contributed by atoms with Crippen molar-refractivity contribution < 1.29 is 4.79 Å². The number of hydrogen-bond donors (Lipinski definition) is 0. The van der Waals surface area contributed by atoms with Crippen molar-refractivity contribution in [3.05, 3.63) is 50.6 Å². The zero-order valence-corrected chi connectivity index (χ0v) is 17.5. The molecule has 28 heavy (non-hydrogen) atoms. The highest BCUT2D eigenvalue weighted by molar-refractivity contribution is 8.00. The van der Waals surface area contributed by atoms with E-state index in [0.29, 0.717) is 5.16 Å². The number of thioether (sulfide) groups is 1. The van der Waals surface area contributed by atoms with E-state index in [-0.39, 0.29) is 16.7 Å². The van der Waals surface area contributed by atoms with E-state index in [0.717, 1.165) is 53.7 Å². The van der Waals surface area contributed by atoms with E-state index < -0.39 is 0 Å². The van der Waals surface area contributed by atoms with Gasteiger partial charge in [-0.2, -0.15) is 0 Å². The summed E-state index contributed by atoms with van der Waals surface area (Å²) in [5.41, 5.74) is 3.13. The van der Waals surface area contributed by atoms with E-state index in [9.17, 15) is 9.59 Å². The molecule has 0 spiro atoms. The molecule has 0 bridgehead atoms. The minimum atomic E-state index is -0.183. The van der Waals surface area contributed by atoms with Gasteiger partial charge in [0.15, 0.2) is 5.16 Å². The van der Waals surface area contributed by atoms with Gasteiger partial charge in [-0.25, -0.2) is 4.98 Å². The zero-order valence-electron chi connectivity index (χ0n) is 15.9. The number of aromatic nitrogens is 2. The van der Waals surface area contributed by atoms with Crippen LogP contribution in [-0.2, 0) is 17.6 Å². The Morgan fingerprint density at radius 1 is 1.18 bits per heavy atom. The Morgan fingerprint density at radius 2 is 1.96 bits per heavy atom. The minimum Gasteiger partial charge on any atom is -0.345 e. The highest BCUT2D eigenvalue weighted by Crippen LogP contribution is 2.37. The number of thiophene rings is 1. The number of likely N-dealkylation sites (tertiary alicyclic amines) is 1. The Bertz CT molecular complexity index is 1150. The van der Waals surface area contributed by atoms with Gasteiger partial charge in [0.25, 0.3) is 5.56 Å². The van der Waals surface area contributed by atoms with Crippen molar-refractivity contribution in [1.82, 2.24) is 14.5 Å². The third-order valence-corrected chi connectivity index (χ3v) is 8.02. The first kappa shape index (κ1) is 17.9. The van der Waals surface area contributed by atoms with Crippen LogP contribution in [0.3, 0.4) is 0 Å². The first-order valence-electron chi connectivity index (χ1n) is 9.59. The third kappa shape index (κ3) is 2.79. The molecule has 0 radical (unpaired) electrons. The number of amides is 1. The summed E-state index contributed by atoms with van der Waals surface area (Å²) in [5, 5.41) is 1.21. The predicted molar refractivity (Wildman–Crippen MR) is 114 cm³/mol. The number of carbonyl (C=O) groups is 1. The van der Waals surface area contributed by atoms with Crippen LogP contribution in [0.4, 0.5) is 0 Å². The Kier molecular flexibility index (Phi) is 4.32. The minimum absolute atomic E-state index is 0.00504. The largest absolute Gasteiger partial charge is 0.345 e. The van der Waals surface area contributed by atoms with Gasteiger partial charge in [0.1, 0.15) is 4.83 Å². The smallest absolute Gasteiger partial charge is 0.267 e. The third-order valence-electron chi connectivity index (χ3n) is 5.63. The Morgan fingerprint density at radius 3 is 2.68 bits per heavy atom. The monoisotopic (exact) mass is 411 g/mol. The number of carbonyl (C=O) groups excluding carboxylic acids is 1. The van der Waals surface area contributed by atoms with Crippen molar-refractivity contribution >= 4 is 39.2 Å². The highest BCUT2D eigenvalue weighted by atomic mass is 32.2. The molecule has 1 aliphatic carbocycles. The average Bonchev–Trinajstić information content (AvgIpc) is 3.34. The summed E-state index contributed by atoms with van der Waals surface area (Å²) >= 11 is 3.07. The van der Waals surface area contributed by atoms with E-state index in [4.69, 9.17) is 4.98 Å². The molecule has 0 N–H and O–H groups in total. The summed E-state index contributed by atoms with van der Waals surface area (Å²) in [7, 11) is 1.83. The fourth-order valence-electron chi connectivity index (χ4n) is 4.05. The second-order valence-corrected chi connectivity index (χ2v) is 9.82. The van der Waals surface area contributed by atoms with E-state index >= 15 is 0 Å². The van der Waals surface area contributed by atoms with Crippen LogP contribution in [0.5, 0.6) is 0 Å². The molecule has 1 saturated heterocycles. The topological polar surface area (TPSA) is 55.2 Å². The van der Waals surface area contributed by atoms with Crippen LogP contribution in [0, 0.1) is 6.92 Å². The van der Waals surface area contributed by atoms with Crippen LogP contribution in [0.1, 0.15) is 28.8 Å². The second-order valence-electron chi connectivity index (χ2n) is 7.56. The molecule has 2 aromatic heterocycles. The van der Waals surface area contributed by atoms with Crippen LogP contribution in [0.15, 0.2) is 34.2 Å². The maximum absolute atomic E-state index is 13.6. The standard InChI is InChI=1S/C21H21N3O2S2/c1-12-6-8-13(9-7-12)24-20(26)17-14-4-3-5-15(14)27-18(17)22-21(24)28-16-10-11-23(2)19(16)25/h6-9,16H,3-5,10-11H2,1-2H3. The van der Waals surface area contributed by atoms with Crippen molar-refractivity contribution in [2.45, 2.75) is 43.0 Å². The molecule has 1 amide bonds. The van der Waals surface area contributed by atoms with E-state index in [1.807, 2.05) is 38.2 Å². The van der Waals surface area contributed by atoms with Gasteiger partial charge >= 0.3 is 0 Å². The summed E-state index contributed by atoms with van der Waals surface area (Å²) in [6, 6.07) is 7.94. The highest BCUT2D eigenvalue weighted by Gasteiger charge is 2.32. The van der Waals surface area contributed by atoms with Gasteiger partial charge in [-0.15, -0.1) is 11.3 Å². The van der Waals surface area contributed by atoms with Crippen molar-refractivity contribution in [1.29, 1.82) is 0 Å². The molecular weight excluding hydrogens is 390 g/mol. The lowest BCUT2D eigenvalue weighted by Crippen LogP contribution is -2.26. The molecule has 1 aliphatic heterocycles. The molecule has 5 nitrogen and oxygen atoms in total. The first-order chi connectivity index (χ1) is 13.5. The van der Waals surface area contributed by atoms with Crippen LogP contribution in [-0.4, -0.2) is 39.2 Å². The maximum Gasteiger partial charge on any atom is 0.267 e. The van der Waals surface area contributed by atoms with Crippen molar-refractivity contribution in [2.75, 3.05) is 13.6 Å². The number of nitrogens with zero attached hydrogens (tertiary/aromatic N) is 3. The summed E-state index contributed by atoms with van der Waals surface area (Å²) < 4.78 is 1.71. The lowest BCUT2D eigenvalue weighted by atomic mass is 10.2. The molecule has 1 fully saturated rings. The van der Waals surface area contributed by atoms with Gasteiger partial charge in [0.2, 0.25) is 5.91 Å². The summed E-state index contributed by atoms with van der Waals surface area (Å²) in [4.78, 5) is 34.8. The first-order valence-corrected chi connectivity index (χ1v) is 11.3. The van der Waals surface area contributed by atoms with Gasteiger partial charge in [-0.3, -0.25) is 14.2 Å². The summed E-state index contributed by atoms with van der Waals surface area (Å²) in [5.74, 6) is 0.114. The van der Waals surface area contributed by atoms with Gasteiger partial charge in [0.05, 0.1) is 16.3 Å². The molecule has 5 rings (SSSR count). The number of fused-ring (bicyclic) bond motifs is 3. The second kappa shape index (κ2) is 6.74. The van der Waals surface area contributed by atoms with Gasteiger partial charge < -0.3 is 4.90 Å². The molecule has 3 heterocycles. The molecule has 144 valence electrons. The number of aryl methyl sites for hydroxylation is 3. The van der Waals surface area contributed by atoms with Crippen molar-refractivity contribution in [3.63, 3.8) is 0 Å². The SMILES string of the molecule is Cc1ccc(-n2c(SC3CCN(C)C3=O)nc3sc4c(c3c2=O)CCC4)cc1. The fourth-order valence-corrected chi connectivity index (χ4v) is 6.56. The summed E-state index contributed by atoms with van der Waals surface area (Å²) in [6.45, 7) is 2.78. The fraction of sp³-hybridized carbons (Fsp3) is 0.381. The maximum atomic E-state index is 13.6. The summed E-state index contributed by atoms with van der Waals surface area (Å²) in [6.07, 6.45) is 3.89. The Hall–Kier alpha value is -2.12. The normalized spacial score (nSPS) is 19.0. The molecule has 3 aromatic rings. The van der Waals surface area contributed by atoms with Crippen LogP contribution >= 0.6 is 23.1 Å². The lowest BCUT2D eigenvalue weighted by molar-refractivity contribution is -0.126. The lowest BCUT2D eigenvalue weighted by Gasteiger charge is -2.15. The number of benzene rings is 1. The van der Waals surface area contributed by atoms with Crippen LogP contribution in [0.2, 0.25) is 0 Å². The van der Waals surface area contributed by atoms with Crippen molar-refractivity contribution in [3.8, 4) is 5.69 Å². The Balaban J connectivity index is 1.71. The van der Waals surface area contributed by atoms with Gasteiger partial charge in [-0.1, -0.05) is 29.5 Å². The predicted octanol–water partition coefficient (Wildman–Crippen LogP) is 3.57. The van der Waals surface area contributed by atoms with E-state index in [1.54, 1.807) is 20.8 Å². The number of rotatable bonds is 3. The van der Waals surface area contributed by atoms with E-state index in [2.05, 4.69) is 0 Å². The Labute approximate surface area is 171 Å². The average molecular weight is 412 g/mol. The van der Waals surface area contributed by atoms with E-state index in [1.165, 1.54) is 22.2 Å². The van der Waals surface area contributed by atoms with Crippen molar-refractivity contribution in [2.24, 2.45) is 0 Å². The molecular formula is C21H21N3O2S2. The number of hydrogen-bond acceptors (Lipinski definition) is 5. The molecule has 1 atom stereocenters. The molecule has 7 heteroatoms. The van der Waals surface area contributed by atoms with Crippen LogP contribution in [0.25, 0.3) is 15.9 Å². The molecule has 1 unspecified atom stereocenters. The van der Waals surface area contributed by atoms with Gasteiger partial charge in [0, 0.05) is 18.5 Å². The van der Waals surface area contributed by atoms with Gasteiger partial charge in [-0.05, 0) is 50.3 Å². The van der Waals surface area contributed by atoms with Crippen LogP contribution < -0.4 is 5.56 Å².